The minimum Gasteiger partial charge on any atom is -0.290 e. The Balaban J connectivity index is 1.80. The first-order valence-electron chi connectivity index (χ1n) is 8.22. The number of nitrogens with two attached hydrogens (primary N) is 1. The number of piperazine rings is 1. The minimum absolute atomic E-state index is 0.378. The highest BCUT2D eigenvalue weighted by Gasteiger charge is 2.30. The maximum atomic E-state index is 5.95. The maximum absolute atomic E-state index is 5.95. The molecule has 1 fully saturated rings. The molecule has 3 heteroatoms. The van der Waals surface area contributed by atoms with Crippen molar-refractivity contribution in [1.82, 2.24) is 9.91 Å². The second kappa shape index (κ2) is 5.84. The fourth-order valence-corrected chi connectivity index (χ4v) is 3.88. The van der Waals surface area contributed by atoms with E-state index in [9.17, 15) is 0 Å². The van der Waals surface area contributed by atoms with Crippen LogP contribution in [0.15, 0.2) is 48.5 Å². The lowest BCUT2D eigenvalue weighted by Gasteiger charge is -2.38. The van der Waals surface area contributed by atoms with Crippen LogP contribution in [0.1, 0.15) is 28.3 Å². The van der Waals surface area contributed by atoms with Crippen LogP contribution in [-0.4, -0.2) is 36.1 Å². The van der Waals surface area contributed by atoms with Gasteiger partial charge >= 0.3 is 0 Å². The summed E-state index contributed by atoms with van der Waals surface area (Å²) in [7, 11) is 0. The van der Waals surface area contributed by atoms with E-state index in [-0.39, 0.29) is 0 Å². The summed E-state index contributed by atoms with van der Waals surface area (Å²) in [5, 5.41) is 1.94. The third-order valence-corrected chi connectivity index (χ3v) is 5.08. The molecule has 3 nitrogen and oxygen atoms in total. The molecule has 22 heavy (non-hydrogen) atoms. The molecule has 0 aromatic heterocycles. The first-order chi connectivity index (χ1) is 10.8. The number of fused-ring (bicyclic) bond motifs is 2. The normalized spacial score (nSPS) is 20.2. The van der Waals surface area contributed by atoms with E-state index in [0.717, 1.165) is 39.0 Å². The highest BCUT2D eigenvalue weighted by atomic mass is 15.4. The van der Waals surface area contributed by atoms with Crippen LogP contribution in [0.2, 0.25) is 0 Å². The molecule has 114 valence electrons. The van der Waals surface area contributed by atoms with Crippen molar-refractivity contribution >= 4 is 0 Å². The fraction of sp³-hybridized carbons (Fsp3) is 0.368. The van der Waals surface area contributed by atoms with Gasteiger partial charge in [-0.1, -0.05) is 48.5 Å². The Kier molecular flexibility index (Phi) is 3.70. The van der Waals surface area contributed by atoms with Crippen LogP contribution in [0.5, 0.6) is 0 Å². The predicted molar refractivity (Wildman–Crippen MR) is 89.5 cm³/mol. The Bertz CT molecular complexity index is 612. The second-order valence-electron chi connectivity index (χ2n) is 6.37. The highest BCUT2D eigenvalue weighted by Crippen LogP contribution is 2.36. The molecule has 2 aromatic rings. The van der Waals surface area contributed by atoms with Crippen molar-refractivity contribution in [3.05, 3.63) is 70.8 Å². The molecule has 1 aliphatic carbocycles. The molecular weight excluding hydrogens is 270 g/mol. The summed E-state index contributed by atoms with van der Waals surface area (Å²) in [5.41, 5.74) is 5.97. The van der Waals surface area contributed by atoms with E-state index >= 15 is 0 Å². The standard InChI is InChI=1S/C19H23N3/c20-22-13-11-21(12-14-22)19-17-7-3-1-5-15(17)9-10-16-6-2-4-8-18(16)19/h1-8,19H,9-14,20H2. The summed E-state index contributed by atoms with van der Waals surface area (Å²) in [5.74, 6) is 5.95. The monoisotopic (exact) mass is 293 g/mol. The Labute approximate surface area is 132 Å². The molecular formula is C19H23N3. The van der Waals surface area contributed by atoms with E-state index in [1.165, 1.54) is 22.3 Å². The molecule has 0 bridgehead atoms. The smallest absolute Gasteiger partial charge is 0.0608 e. The van der Waals surface area contributed by atoms with E-state index < -0.39 is 0 Å². The van der Waals surface area contributed by atoms with Crippen molar-refractivity contribution in [1.29, 1.82) is 0 Å². The molecule has 2 aliphatic rings. The summed E-state index contributed by atoms with van der Waals surface area (Å²) >= 11 is 0. The molecule has 0 saturated carbocycles. The summed E-state index contributed by atoms with van der Waals surface area (Å²) in [4.78, 5) is 2.60. The van der Waals surface area contributed by atoms with Gasteiger partial charge in [-0.25, -0.2) is 5.01 Å². The van der Waals surface area contributed by atoms with Gasteiger partial charge in [-0.2, -0.15) is 0 Å². The molecule has 2 aromatic carbocycles. The van der Waals surface area contributed by atoms with E-state index in [0.29, 0.717) is 6.04 Å². The SMILES string of the molecule is NN1CCN(C2c3ccccc3CCc3ccccc32)CC1. The van der Waals surface area contributed by atoms with E-state index in [4.69, 9.17) is 5.84 Å². The zero-order chi connectivity index (χ0) is 14.9. The molecule has 0 atom stereocenters. The molecule has 2 N–H and O–H groups in total. The fourth-order valence-electron chi connectivity index (χ4n) is 3.88. The molecule has 0 spiro atoms. The maximum Gasteiger partial charge on any atom is 0.0608 e. The number of hydrazine groups is 1. The van der Waals surface area contributed by atoms with Crippen molar-refractivity contribution in [2.24, 2.45) is 5.84 Å². The van der Waals surface area contributed by atoms with E-state index in [1.54, 1.807) is 0 Å². The number of rotatable bonds is 1. The third kappa shape index (κ3) is 2.45. The summed E-state index contributed by atoms with van der Waals surface area (Å²) < 4.78 is 0. The first-order valence-corrected chi connectivity index (χ1v) is 8.22. The third-order valence-electron chi connectivity index (χ3n) is 5.08. The topological polar surface area (TPSA) is 32.5 Å². The van der Waals surface area contributed by atoms with Crippen LogP contribution in [0.3, 0.4) is 0 Å². The first kappa shape index (κ1) is 13.9. The molecule has 0 radical (unpaired) electrons. The van der Waals surface area contributed by atoms with E-state index in [2.05, 4.69) is 53.4 Å². The number of aryl methyl sites for hydroxylation is 2. The van der Waals surface area contributed by atoms with Crippen LogP contribution < -0.4 is 5.84 Å². The number of hydrogen-bond donors (Lipinski definition) is 1. The summed E-state index contributed by atoms with van der Waals surface area (Å²) in [6.45, 7) is 3.95. The molecule has 0 amide bonds. The van der Waals surface area contributed by atoms with Gasteiger partial charge in [-0.15, -0.1) is 0 Å². The van der Waals surface area contributed by atoms with E-state index in [1.807, 2.05) is 5.01 Å². The van der Waals surface area contributed by atoms with Crippen molar-refractivity contribution in [3.63, 3.8) is 0 Å². The van der Waals surface area contributed by atoms with Crippen LogP contribution in [0, 0.1) is 0 Å². The lowest BCUT2D eigenvalue weighted by Crippen LogP contribution is -2.50. The van der Waals surface area contributed by atoms with Crippen molar-refractivity contribution in [3.8, 4) is 0 Å². The van der Waals surface area contributed by atoms with Gasteiger partial charge in [0.1, 0.15) is 0 Å². The molecule has 4 rings (SSSR count). The highest BCUT2D eigenvalue weighted by molar-refractivity contribution is 5.44. The van der Waals surface area contributed by atoms with Crippen LogP contribution in [0.25, 0.3) is 0 Å². The lowest BCUT2D eigenvalue weighted by molar-refractivity contribution is 0.110. The lowest BCUT2D eigenvalue weighted by atomic mass is 9.93. The largest absolute Gasteiger partial charge is 0.290 e. The zero-order valence-electron chi connectivity index (χ0n) is 12.9. The van der Waals surface area contributed by atoms with Gasteiger partial charge in [0.15, 0.2) is 0 Å². The Morgan fingerprint density at radius 3 is 1.77 bits per heavy atom. The average Bonchev–Trinajstić information content (AvgIpc) is 2.73. The summed E-state index contributed by atoms with van der Waals surface area (Å²) in [6, 6.07) is 18.3. The summed E-state index contributed by atoms with van der Waals surface area (Å²) in [6.07, 6.45) is 2.28. The Morgan fingerprint density at radius 2 is 1.23 bits per heavy atom. The second-order valence-corrected chi connectivity index (χ2v) is 6.37. The average molecular weight is 293 g/mol. The molecule has 1 saturated heterocycles. The Morgan fingerprint density at radius 1 is 0.727 bits per heavy atom. The van der Waals surface area contributed by atoms with Gasteiger partial charge in [0.25, 0.3) is 0 Å². The van der Waals surface area contributed by atoms with Crippen LogP contribution >= 0.6 is 0 Å². The van der Waals surface area contributed by atoms with Crippen LogP contribution in [0.4, 0.5) is 0 Å². The molecule has 0 unspecified atom stereocenters. The quantitative estimate of drug-likeness (QED) is 0.819. The zero-order valence-corrected chi connectivity index (χ0v) is 12.9. The van der Waals surface area contributed by atoms with Gasteiger partial charge in [-0.3, -0.25) is 10.7 Å². The number of benzene rings is 2. The van der Waals surface area contributed by atoms with Gasteiger partial charge in [0, 0.05) is 26.2 Å². The molecule has 1 heterocycles. The van der Waals surface area contributed by atoms with Gasteiger partial charge < -0.3 is 0 Å². The van der Waals surface area contributed by atoms with Gasteiger partial charge in [-0.05, 0) is 35.1 Å². The van der Waals surface area contributed by atoms with Gasteiger partial charge in [0.2, 0.25) is 0 Å². The molecule has 1 aliphatic heterocycles. The van der Waals surface area contributed by atoms with Crippen LogP contribution in [-0.2, 0) is 12.8 Å². The van der Waals surface area contributed by atoms with Crippen molar-refractivity contribution in [2.75, 3.05) is 26.2 Å². The number of nitrogens with zero attached hydrogens (tertiary/aromatic N) is 2. The number of hydrogen-bond acceptors (Lipinski definition) is 3. The van der Waals surface area contributed by atoms with Crippen molar-refractivity contribution < 1.29 is 0 Å². The minimum atomic E-state index is 0.378. The van der Waals surface area contributed by atoms with Gasteiger partial charge in [0.05, 0.1) is 6.04 Å². The predicted octanol–water partition coefficient (Wildman–Crippen LogP) is 2.37. The Hall–Kier alpha value is -1.68. The van der Waals surface area contributed by atoms with Crippen molar-refractivity contribution in [2.45, 2.75) is 18.9 Å².